The van der Waals surface area contributed by atoms with Gasteiger partial charge in [-0.05, 0) is 32.9 Å². The number of piperidine rings is 1. The van der Waals surface area contributed by atoms with E-state index in [0.29, 0.717) is 25.0 Å². The van der Waals surface area contributed by atoms with E-state index in [0.717, 1.165) is 32.4 Å². The van der Waals surface area contributed by atoms with Gasteiger partial charge >= 0.3 is 0 Å². The molecule has 0 aromatic carbocycles. The molecule has 3 rings (SSSR count). The SMILES string of the molecule is CCOc1cccc(OC2COC3(CCNCC3)C2)n1. The van der Waals surface area contributed by atoms with E-state index in [-0.39, 0.29) is 11.7 Å². The summed E-state index contributed by atoms with van der Waals surface area (Å²) in [4.78, 5) is 4.35. The summed E-state index contributed by atoms with van der Waals surface area (Å²) in [7, 11) is 0. The predicted molar refractivity (Wildman–Crippen MR) is 75.2 cm³/mol. The number of nitrogens with zero attached hydrogens (tertiary/aromatic N) is 1. The Kier molecular flexibility index (Phi) is 4.08. The van der Waals surface area contributed by atoms with Crippen molar-refractivity contribution in [3.63, 3.8) is 0 Å². The van der Waals surface area contributed by atoms with Crippen LogP contribution in [0.15, 0.2) is 18.2 Å². The Labute approximate surface area is 119 Å². The highest BCUT2D eigenvalue weighted by molar-refractivity contribution is 5.20. The third kappa shape index (κ3) is 3.04. The van der Waals surface area contributed by atoms with Gasteiger partial charge in [0.1, 0.15) is 6.10 Å². The molecule has 5 nitrogen and oxygen atoms in total. The average molecular weight is 278 g/mol. The van der Waals surface area contributed by atoms with E-state index in [1.54, 1.807) is 0 Å². The molecule has 0 saturated carbocycles. The molecule has 20 heavy (non-hydrogen) atoms. The Morgan fingerprint density at radius 3 is 2.95 bits per heavy atom. The topological polar surface area (TPSA) is 52.6 Å². The minimum atomic E-state index is 0.0213. The van der Waals surface area contributed by atoms with Crippen molar-refractivity contribution in [2.75, 3.05) is 26.3 Å². The summed E-state index contributed by atoms with van der Waals surface area (Å²) in [5.41, 5.74) is 0.0213. The molecule has 1 spiro atoms. The Morgan fingerprint density at radius 1 is 1.35 bits per heavy atom. The standard InChI is InChI=1S/C15H22N2O3/c1-2-18-13-4-3-5-14(17-13)20-12-10-15(19-11-12)6-8-16-9-7-15/h3-5,12,16H,2,6-11H2,1H3. The Morgan fingerprint density at radius 2 is 2.15 bits per heavy atom. The van der Waals surface area contributed by atoms with Crippen molar-refractivity contribution in [2.24, 2.45) is 0 Å². The highest BCUT2D eigenvalue weighted by Gasteiger charge is 2.42. The minimum Gasteiger partial charge on any atom is -0.478 e. The zero-order valence-electron chi connectivity index (χ0n) is 11.9. The number of hydrogen-bond donors (Lipinski definition) is 1. The van der Waals surface area contributed by atoms with Gasteiger partial charge in [0.05, 0.1) is 18.8 Å². The molecular formula is C15H22N2O3. The summed E-state index contributed by atoms with van der Waals surface area (Å²) in [5.74, 6) is 1.23. The lowest BCUT2D eigenvalue weighted by Crippen LogP contribution is -2.41. The fourth-order valence-electron chi connectivity index (χ4n) is 2.97. The van der Waals surface area contributed by atoms with Crippen molar-refractivity contribution >= 4 is 0 Å². The van der Waals surface area contributed by atoms with Crippen molar-refractivity contribution in [2.45, 2.75) is 37.9 Å². The van der Waals surface area contributed by atoms with Crippen molar-refractivity contribution in [1.29, 1.82) is 0 Å². The summed E-state index contributed by atoms with van der Waals surface area (Å²) in [5, 5.41) is 3.37. The molecular weight excluding hydrogens is 256 g/mol. The smallest absolute Gasteiger partial charge is 0.216 e. The summed E-state index contributed by atoms with van der Waals surface area (Å²) in [6, 6.07) is 5.62. The fourth-order valence-corrected chi connectivity index (χ4v) is 2.97. The second-order valence-corrected chi connectivity index (χ2v) is 5.44. The Balaban J connectivity index is 1.60. The normalized spacial score (nSPS) is 24.8. The highest BCUT2D eigenvalue weighted by atomic mass is 16.6. The van der Waals surface area contributed by atoms with Gasteiger partial charge in [-0.25, -0.2) is 0 Å². The summed E-state index contributed by atoms with van der Waals surface area (Å²) in [6.07, 6.45) is 3.19. The zero-order valence-corrected chi connectivity index (χ0v) is 11.9. The maximum atomic E-state index is 6.02. The van der Waals surface area contributed by atoms with Crippen LogP contribution in [-0.4, -0.2) is 43.0 Å². The van der Waals surface area contributed by atoms with Crippen LogP contribution in [0.5, 0.6) is 11.8 Å². The van der Waals surface area contributed by atoms with Crippen LogP contribution in [0, 0.1) is 0 Å². The van der Waals surface area contributed by atoms with E-state index in [2.05, 4.69) is 10.3 Å². The maximum Gasteiger partial charge on any atom is 0.216 e. The van der Waals surface area contributed by atoms with Crippen LogP contribution in [-0.2, 0) is 4.74 Å². The van der Waals surface area contributed by atoms with E-state index in [4.69, 9.17) is 14.2 Å². The van der Waals surface area contributed by atoms with E-state index in [9.17, 15) is 0 Å². The van der Waals surface area contributed by atoms with Gasteiger partial charge in [0.2, 0.25) is 11.8 Å². The first-order valence-corrected chi connectivity index (χ1v) is 7.41. The summed E-state index contributed by atoms with van der Waals surface area (Å²) >= 11 is 0. The van der Waals surface area contributed by atoms with Crippen molar-refractivity contribution in [3.8, 4) is 11.8 Å². The van der Waals surface area contributed by atoms with Gasteiger partial charge < -0.3 is 19.5 Å². The summed E-state index contributed by atoms with van der Waals surface area (Å²) in [6.45, 7) is 5.27. The second kappa shape index (κ2) is 5.97. The molecule has 2 aliphatic rings. The van der Waals surface area contributed by atoms with Gasteiger partial charge in [-0.15, -0.1) is 0 Å². The maximum absolute atomic E-state index is 6.02. The van der Waals surface area contributed by atoms with Gasteiger partial charge in [-0.1, -0.05) is 6.07 Å². The van der Waals surface area contributed by atoms with Crippen molar-refractivity contribution < 1.29 is 14.2 Å². The van der Waals surface area contributed by atoms with E-state index < -0.39 is 0 Å². The van der Waals surface area contributed by atoms with Gasteiger partial charge in [0.15, 0.2) is 0 Å². The number of rotatable bonds is 4. The van der Waals surface area contributed by atoms with Gasteiger partial charge in [-0.2, -0.15) is 4.98 Å². The van der Waals surface area contributed by atoms with Gasteiger partial charge in [0.25, 0.3) is 0 Å². The first kappa shape index (κ1) is 13.6. The minimum absolute atomic E-state index is 0.0213. The second-order valence-electron chi connectivity index (χ2n) is 5.44. The van der Waals surface area contributed by atoms with Crippen LogP contribution < -0.4 is 14.8 Å². The van der Waals surface area contributed by atoms with E-state index in [1.165, 1.54) is 0 Å². The third-order valence-electron chi connectivity index (χ3n) is 3.97. The molecule has 5 heteroatoms. The van der Waals surface area contributed by atoms with Crippen LogP contribution >= 0.6 is 0 Å². The molecule has 1 atom stereocenters. The van der Waals surface area contributed by atoms with Crippen LogP contribution in [0.1, 0.15) is 26.2 Å². The third-order valence-corrected chi connectivity index (χ3v) is 3.97. The van der Waals surface area contributed by atoms with Crippen LogP contribution in [0.2, 0.25) is 0 Å². The molecule has 1 aromatic rings. The van der Waals surface area contributed by atoms with Gasteiger partial charge in [-0.3, -0.25) is 0 Å². The number of aromatic nitrogens is 1. The average Bonchev–Trinajstić information content (AvgIpc) is 2.83. The number of pyridine rings is 1. The predicted octanol–water partition coefficient (Wildman–Crippen LogP) is 1.77. The molecule has 1 aromatic heterocycles. The molecule has 0 bridgehead atoms. The largest absolute Gasteiger partial charge is 0.478 e. The van der Waals surface area contributed by atoms with E-state index >= 15 is 0 Å². The lowest BCUT2D eigenvalue weighted by Gasteiger charge is -2.32. The zero-order chi connectivity index (χ0) is 13.8. The molecule has 2 fully saturated rings. The molecule has 2 saturated heterocycles. The Bertz CT molecular complexity index is 446. The number of nitrogens with one attached hydrogen (secondary N) is 1. The Hall–Kier alpha value is -1.33. The van der Waals surface area contributed by atoms with Crippen LogP contribution in [0.25, 0.3) is 0 Å². The van der Waals surface area contributed by atoms with E-state index in [1.807, 2.05) is 25.1 Å². The molecule has 1 N–H and O–H groups in total. The summed E-state index contributed by atoms with van der Waals surface area (Å²) < 4.78 is 17.4. The quantitative estimate of drug-likeness (QED) is 0.909. The monoisotopic (exact) mass is 278 g/mol. The number of ether oxygens (including phenoxy) is 3. The van der Waals surface area contributed by atoms with Crippen molar-refractivity contribution in [1.82, 2.24) is 10.3 Å². The van der Waals surface area contributed by atoms with Crippen molar-refractivity contribution in [3.05, 3.63) is 18.2 Å². The lowest BCUT2D eigenvalue weighted by atomic mass is 9.89. The first-order chi connectivity index (χ1) is 9.80. The molecule has 110 valence electrons. The molecule has 0 aliphatic carbocycles. The molecule has 2 aliphatic heterocycles. The molecule has 3 heterocycles. The molecule has 0 amide bonds. The fraction of sp³-hybridized carbons (Fsp3) is 0.667. The highest BCUT2D eigenvalue weighted by Crippen LogP contribution is 2.35. The number of hydrogen-bond acceptors (Lipinski definition) is 5. The van der Waals surface area contributed by atoms with Crippen LogP contribution in [0.4, 0.5) is 0 Å². The lowest BCUT2D eigenvalue weighted by molar-refractivity contribution is -0.0206. The van der Waals surface area contributed by atoms with Crippen LogP contribution in [0.3, 0.4) is 0 Å². The molecule has 1 unspecified atom stereocenters. The molecule has 0 radical (unpaired) electrons. The first-order valence-electron chi connectivity index (χ1n) is 7.41. The van der Waals surface area contributed by atoms with Gasteiger partial charge in [0, 0.05) is 18.6 Å².